The molecule has 3 rings (SSSR count). The van der Waals surface area contributed by atoms with Crippen molar-refractivity contribution in [2.45, 2.75) is 6.54 Å². The van der Waals surface area contributed by atoms with Gasteiger partial charge in [0, 0.05) is 32.0 Å². The van der Waals surface area contributed by atoms with E-state index in [1.165, 1.54) is 0 Å². The van der Waals surface area contributed by atoms with Crippen molar-refractivity contribution >= 4 is 17.5 Å². The Balaban J connectivity index is 1.54. The lowest BCUT2D eigenvalue weighted by atomic mass is 10.2. The maximum atomic E-state index is 11.8. The molecule has 0 aliphatic carbocycles. The monoisotopic (exact) mass is 302 g/mol. The Bertz CT molecular complexity index is 610. The van der Waals surface area contributed by atoms with Crippen LogP contribution in [-0.2, 0) is 11.3 Å². The summed E-state index contributed by atoms with van der Waals surface area (Å²) in [4.78, 5) is 18.3. The zero-order valence-corrected chi connectivity index (χ0v) is 12.1. The molecule has 0 bridgehead atoms. The molecule has 1 aliphatic heterocycles. The summed E-state index contributed by atoms with van der Waals surface area (Å²) in [5, 5.41) is 11.9. The van der Waals surface area contributed by atoms with Crippen molar-refractivity contribution in [2.75, 3.05) is 36.5 Å². The summed E-state index contributed by atoms with van der Waals surface area (Å²) in [6, 6.07) is 3.61. The zero-order valence-electron chi connectivity index (χ0n) is 12.1. The van der Waals surface area contributed by atoms with Crippen LogP contribution in [0, 0.1) is 0 Å². The van der Waals surface area contributed by atoms with Crippen molar-refractivity contribution < 1.29 is 9.53 Å². The maximum Gasteiger partial charge on any atom is 0.319 e. The number of hydrogen-bond acceptors (Lipinski definition) is 5. The van der Waals surface area contributed by atoms with E-state index in [0.29, 0.717) is 12.2 Å². The molecule has 0 spiro atoms. The Hall–Kier alpha value is -2.61. The molecule has 1 aliphatic rings. The fourth-order valence-electron chi connectivity index (χ4n) is 2.21. The van der Waals surface area contributed by atoms with Crippen LogP contribution < -0.4 is 15.5 Å². The van der Waals surface area contributed by atoms with E-state index in [1.807, 2.05) is 12.1 Å². The normalized spacial score (nSPS) is 14.6. The lowest BCUT2D eigenvalue weighted by Crippen LogP contribution is -2.36. The molecular formula is C14H18N6O2. The first-order chi connectivity index (χ1) is 10.8. The van der Waals surface area contributed by atoms with Crippen LogP contribution in [0.1, 0.15) is 5.56 Å². The van der Waals surface area contributed by atoms with E-state index >= 15 is 0 Å². The number of nitrogens with one attached hydrogen (secondary N) is 3. The van der Waals surface area contributed by atoms with E-state index in [0.717, 1.165) is 37.7 Å². The molecule has 0 radical (unpaired) electrons. The van der Waals surface area contributed by atoms with E-state index in [9.17, 15) is 4.79 Å². The van der Waals surface area contributed by atoms with E-state index in [-0.39, 0.29) is 6.03 Å². The van der Waals surface area contributed by atoms with Crippen molar-refractivity contribution in [3.05, 3.63) is 36.3 Å². The van der Waals surface area contributed by atoms with Gasteiger partial charge in [-0.15, -0.1) is 0 Å². The minimum Gasteiger partial charge on any atom is -0.378 e. The Labute approximate surface area is 127 Å². The third-order valence-electron chi connectivity index (χ3n) is 3.35. The highest BCUT2D eigenvalue weighted by Crippen LogP contribution is 2.14. The average Bonchev–Trinajstić information content (AvgIpc) is 3.07. The van der Waals surface area contributed by atoms with Gasteiger partial charge in [0.25, 0.3) is 0 Å². The second kappa shape index (κ2) is 6.90. The van der Waals surface area contributed by atoms with Crippen molar-refractivity contribution in [1.29, 1.82) is 0 Å². The molecule has 2 aromatic heterocycles. The molecule has 2 amide bonds. The van der Waals surface area contributed by atoms with Crippen molar-refractivity contribution in [2.24, 2.45) is 0 Å². The summed E-state index contributed by atoms with van der Waals surface area (Å²) >= 11 is 0. The molecule has 116 valence electrons. The van der Waals surface area contributed by atoms with Crippen LogP contribution in [0.2, 0.25) is 0 Å². The number of H-pyrrole nitrogens is 1. The van der Waals surface area contributed by atoms with Gasteiger partial charge in [-0.2, -0.15) is 5.10 Å². The highest BCUT2D eigenvalue weighted by Gasteiger charge is 2.12. The van der Waals surface area contributed by atoms with Crippen LogP contribution >= 0.6 is 0 Å². The number of carbonyl (C=O) groups is 1. The Morgan fingerprint density at radius 3 is 3.05 bits per heavy atom. The van der Waals surface area contributed by atoms with Gasteiger partial charge in [0.1, 0.15) is 5.82 Å². The highest BCUT2D eigenvalue weighted by molar-refractivity contribution is 5.88. The number of aromatic amines is 1. The van der Waals surface area contributed by atoms with Crippen LogP contribution in [0.5, 0.6) is 0 Å². The van der Waals surface area contributed by atoms with Crippen LogP contribution in [0.25, 0.3) is 0 Å². The smallest absolute Gasteiger partial charge is 0.319 e. The largest absolute Gasteiger partial charge is 0.378 e. The van der Waals surface area contributed by atoms with E-state index < -0.39 is 0 Å². The summed E-state index contributed by atoms with van der Waals surface area (Å²) in [5.74, 6) is 0.915. The summed E-state index contributed by atoms with van der Waals surface area (Å²) in [6.07, 6.45) is 4.92. The van der Waals surface area contributed by atoms with Gasteiger partial charge in [-0.3, -0.25) is 5.10 Å². The molecule has 0 atom stereocenters. The maximum absolute atomic E-state index is 11.8. The Morgan fingerprint density at radius 2 is 2.27 bits per heavy atom. The Morgan fingerprint density at radius 1 is 1.41 bits per heavy atom. The van der Waals surface area contributed by atoms with Gasteiger partial charge in [-0.1, -0.05) is 0 Å². The van der Waals surface area contributed by atoms with Crippen LogP contribution in [0.4, 0.5) is 16.3 Å². The molecule has 0 saturated carbocycles. The predicted octanol–water partition coefficient (Wildman–Crippen LogP) is 0.963. The predicted molar refractivity (Wildman–Crippen MR) is 81.7 cm³/mol. The number of urea groups is 1. The summed E-state index contributed by atoms with van der Waals surface area (Å²) < 4.78 is 5.34. The number of aromatic nitrogens is 3. The molecule has 1 saturated heterocycles. The number of ether oxygens (including phenoxy) is 1. The fourth-order valence-corrected chi connectivity index (χ4v) is 2.21. The molecule has 2 aromatic rings. The molecule has 3 heterocycles. The number of anilines is 2. The van der Waals surface area contributed by atoms with E-state index in [2.05, 4.69) is 30.7 Å². The van der Waals surface area contributed by atoms with Gasteiger partial charge in [0.15, 0.2) is 0 Å². The fraction of sp³-hybridized carbons (Fsp3) is 0.357. The zero-order chi connectivity index (χ0) is 15.2. The second-order valence-electron chi connectivity index (χ2n) is 4.92. The van der Waals surface area contributed by atoms with Crippen molar-refractivity contribution in [1.82, 2.24) is 20.5 Å². The van der Waals surface area contributed by atoms with Gasteiger partial charge in [-0.05, 0) is 17.7 Å². The van der Waals surface area contributed by atoms with Crippen molar-refractivity contribution in [3.63, 3.8) is 0 Å². The summed E-state index contributed by atoms with van der Waals surface area (Å²) in [5.41, 5.74) is 1.63. The number of nitrogens with zero attached hydrogens (tertiary/aromatic N) is 3. The third-order valence-corrected chi connectivity index (χ3v) is 3.35. The van der Waals surface area contributed by atoms with Crippen LogP contribution in [-0.4, -0.2) is 47.5 Å². The number of pyridine rings is 1. The molecule has 8 heteroatoms. The SMILES string of the molecule is O=C(NCc1ccnc(N2CCOCC2)c1)Nc1cn[nH]c1. The first kappa shape index (κ1) is 14.3. The van der Waals surface area contributed by atoms with Gasteiger partial charge >= 0.3 is 6.03 Å². The van der Waals surface area contributed by atoms with Gasteiger partial charge in [-0.25, -0.2) is 9.78 Å². The van der Waals surface area contributed by atoms with E-state index in [4.69, 9.17) is 4.74 Å². The van der Waals surface area contributed by atoms with Crippen LogP contribution in [0.3, 0.4) is 0 Å². The third kappa shape index (κ3) is 3.73. The second-order valence-corrected chi connectivity index (χ2v) is 4.92. The van der Waals surface area contributed by atoms with E-state index in [1.54, 1.807) is 18.6 Å². The molecular weight excluding hydrogens is 284 g/mol. The molecule has 22 heavy (non-hydrogen) atoms. The lowest BCUT2D eigenvalue weighted by molar-refractivity contribution is 0.122. The first-order valence-corrected chi connectivity index (χ1v) is 7.12. The summed E-state index contributed by atoms with van der Waals surface area (Å²) in [7, 11) is 0. The minimum absolute atomic E-state index is 0.272. The number of hydrogen-bond donors (Lipinski definition) is 3. The quantitative estimate of drug-likeness (QED) is 0.782. The number of carbonyl (C=O) groups excluding carboxylic acids is 1. The number of morpholine rings is 1. The van der Waals surface area contributed by atoms with Gasteiger partial charge in [0.2, 0.25) is 0 Å². The average molecular weight is 302 g/mol. The molecule has 8 nitrogen and oxygen atoms in total. The number of amides is 2. The highest BCUT2D eigenvalue weighted by atomic mass is 16.5. The number of rotatable bonds is 4. The van der Waals surface area contributed by atoms with Gasteiger partial charge in [0.05, 0.1) is 25.1 Å². The first-order valence-electron chi connectivity index (χ1n) is 7.12. The standard InChI is InChI=1S/C14H18N6O2/c21-14(19-12-9-17-18-10-12)16-8-11-1-2-15-13(7-11)20-3-5-22-6-4-20/h1-2,7,9-10H,3-6,8H2,(H,17,18)(H2,16,19,21). The molecule has 0 unspecified atom stereocenters. The topological polar surface area (TPSA) is 95.2 Å². The molecule has 3 N–H and O–H groups in total. The van der Waals surface area contributed by atoms with Crippen LogP contribution in [0.15, 0.2) is 30.7 Å². The molecule has 0 aromatic carbocycles. The molecule has 1 fully saturated rings. The summed E-state index contributed by atoms with van der Waals surface area (Å²) in [6.45, 7) is 3.55. The van der Waals surface area contributed by atoms with Gasteiger partial charge < -0.3 is 20.3 Å². The van der Waals surface area contributed by atoms with Crippen molar-refractivity contribution in [3.8, 4) is 0 Å². The Kier molecular flexibility index (Phi) is 4.50. The minimum atomic E-state index is -0.272. The lowest BCUT2D eigenvalue weighted by Gasteiger charge is -2.28.